The first-order chi connectivity index (χ1) is 8.76. The minimum atomic E-state index is -0.223. The maximum Gasteiger partial charge on any atom is 0.123 e. The van der Waals surface area contributed by atoms with E-state index in [1.165, 1.54) is 12.1 Å². The predicted molar refractivity (Wildman–Crippen MR) is 68.5 cm³/mol. The maximum absolute atomic E-state index is 13.0. The van der Waals surface area contributed by atoms with Gasteiger partial charge in [-0.25, -0.2) is 4.39 Å². The van der Waals surface area contributed by atoms with Gasteiger partial charge in [-0.2, -0.15) is 0 Å². The van der Waals surface area contributed by atoms with E-state index in [-0.39, 0.29) is 11.9 Å². The zero-order valence-electron chi connectivity index (χ0n) is 10.7. The molecular formula is C13H21FN2O2. The number of rotatable bonds is 9. The van der Waals surface area contributed by atoms with Crippen LogP contribution >= 0.6 is 0 Å². The first-order valence-electron chi connectivity index (χ1n) is 6.03. The Balaban J connectivity index is 2.28. The van der Waals surface area contributed by atoms with Gasteiger partial charge in [-0.15, -0.1) is 0 Å². The Labute approximate surface area is 107 Å². The second-order valence-corrected chi connectivity index (χ2v) is 4.09. The van der Waals surface area contributed by atoms with Crippen LogP contribution in [0.3, 0.4) is 0 Å². The molecule has 0 amide bonds. The van der Waals surface area contributed by atoms with Gasteiger partial charge < -0.3 is 9.47 Å². The number of halogens is 1. The number of methoxy groups -OCH3 is 1. The Morgan fingerprint density at radius 3 is 2.83 bits per heavy atom. The maximum atomic E-state index is 13.0. The van der Waals surface area contributed by atoms with Gasteiger partial charge in [0.25, 0.3) is 0 Å². The summed E-state index contributed by atoms with van der Waals surface area (Å²) in [4.78, 5) is 0. The van der Waals surface area contributed by atoms with Crippen molar-refractivity contribution in [2.24, 2.45) is 5.84 Å². The third kappa shape index (κ3) is 6.07. The van der Waals surface area contributed by atoms with Crippen LogP contribution in [0.15, 0.2) is 24.3 Å². The Hall–Kier alpha value is -1.01. The average Bonchev–Trinajstić information content (AvgIpc) is 2.37. The fourth-order valence-corrected chi connectivity index (χ4v) is 1.66. The molecule has 0 radical (unpaired) electrons. The molecule has 18 heavy (non-hydrogen) atoms. The van der Waals surface area contributed by atoms with E-state index in [4.69, 9.17) is 15.3 Å². The molecule has 4 nitrogen and oxygen atoms in total. The summed E-state index contributed by atoms with van der Waals surface area (Å²) in [5.41, 5.74) is 3.65. The van der Waals surface area contributed by atoms with Crippen LogP contribution in [0.5, 0.6) is 0 Å². The number of hydrazine groups is 1. The number of nitrogens with two attached hydrogens (primary N) is 1. The van der Waals surface area contributed by atoms with Crippen molar-refractivity contribution in [3.05, 3.63) is 35.6 Å². The van der Waals surface area contributed by atoms with Crippen molar-refractivity contribution in [1.82, 2.24) is 5.43 Å². The summed E-state index contributed by atoms with van der Waals surface area (Å²) < 4.78 is 23.3. The van der Waals surface area contributed by atoms with Crippen molar-refractivity contribution in [2.75, 3.05) is 26.9 Å². The first-order valence-corrected chi connectivity index (χ1v) is 6.03. The molecule has 0 aliphatic rings. The van der Waals surface area contributed by atoms with E-state index in [1.807, 2.05) is 6.07 Å². The Kier molecular flexibility index (Phi) is 7.52. The quantitative estimate of drug-likeness (QED) is 0.397. The van der Waals surface area contributed by atoms with Gasteiger partial charge in [0.2, 0.25) is 0 Å². The summed E-state index contributed by atoms with van der Waals surface area (Å²) in [6.07, 6.45) is 1.46. The number of benzene rings is 1. The highest BCUT2D eigenvalue weighted by Crippen LogP contribution is 2.08. The fourth-order valence-electron chi connectivity index (χ4n) is 1.66. The van der Waals surface area contributed by atoms with Crippen molar-refractivity contribution in [3.8, 4) is 0 Å². The summed E-state index contributed by atoms with van der Waals surface area (Å²) in [6, 6.07) is 6.62. The van der Waals surface area contributed by atoms with E-state index in [0.717, 1.165) is 12.0 Å². The Morgan fingerprint density at radius 2 is 2.17 bits per heavy atom. The minimum absolute atomic E-state index is 0.0781. The molecule has 1 unspecified atom stereocenters. The van der Waals surface area contributed by atoms with E-state index >= 15 is 0 Å². The Morgan fingerprint density at radius 1 is 1.33 bits per heavy atom. The monoisotopic (exact) mass is 256 g/mol. The predicted octanol–water partition coefficient (Wildman–Crippen LogP) is 1.25. The summed E-state index contributed by atoms with van der Waals surface area (Å²) in [6.45, 7) is 1.77. The van der Waals surface area contributed by atoms with E-state index in [2.05, 4.69) is 5.43 Å². The topological polar surface area (TPSA) is 56.5 Å². The highest BCUT2D eigenvalue weighted by Gasteiger charge is 2.08. The molecule has 5 heteroatoms. The van der Waals surface area contributed by atoms with Crippen LogP contribution in [0.1, 0.15) is 12.0 Å². The summed E-state index contributed by atoms with van der Waals surface area (Å²) >= 11 is 0. The summed E-state index contributed by atoms with van der Waals surface area (Å²) in [5, 5.41) is 0. The summed E-state index contributed by atoms with van der Waals surface area (Å²) in [5.74, 6) is 5.25. The normalized spacial score (nSPS) is 12.6. The van der Waals surface area contributed by atoms with Gasteiger partial charge in [0.1, 0.15) is 5.82 Å². The molecule has 0 fully saturated rings. The SMILES string of the molecule is COCCOCCC(Cc1cccc(F)c1)NN. The van der Waals surface area contributed by atoms with Crippen LogP contribution in [0.2, 0.25) is 0 Å². The minimum Gasteiger partial charge on any atom is -0.382 e. The van der Waals surface area contributed by atoms with Crippen LogP contribution in [0, 0.1) is 5.82 Å². The smallest absolute Gasteiger partial charge is 0.123 e. The zero-order valence-corrected chi connectivity index (χ0v) is 10.7. The average molecular weight is 256 g/mol. The molecule has 102 valence electrons. The highest BCUT2D eigenvalue weighted by molar-refractivity contribution is 5.17. The van der Waals surface area contributed by atoms with Gasteiger partial charge in [0, 0.05) is 19.8 Å². The number of hydrogen-bond donors (Lipinski definition) is 2. The Bertz CT molecular complexity index is 337. The van der Waals surface area contributed by atoms with Gasteiger partial charge in [0.05, 0.1) is 13.2 Å². The second-order valence-electron chi connectivity index (χ2n) is 4.09. The molecule has 3 N–H and O–H groups in total. The molecule has 0 spiro atoms. The standard InChI is InChI=1S/C13H21FN2O2/c1-17-7-8-18-6-5-13(16-15)10-11-3-2-4-12(14)9-11/h2-4,9,13,16H,5-8,10,15H2,1H3. The lowest BCUT2D eigenvalue weighted by Crippen LogP contribution is -2.37. The molecule has 1 rings (SSSR count). The lowest BCUT2D eigenvalue weighted by atomic mass is 10.0. The van der Waals surface area contributed by atoms with E-state index < -0.39 is 0 Å². The number of nitrogens with one attached hydrogen (secondary N) is 1. The van der Waals surface area contributed by atoms with Crippen molar-refractivity contribution >= 4 is 0 Å². The molecule has 0 aliphatic carbocycles. The molecule has 1 aromatic carbocycles. The molecule has 0 aromatic heterocycles. The first kappa shape index (κ1) is 15.0. The number of hydrogen-bond acceptors (Lipinski definition) is 4. The van der Waals surface area contributed by atoms with E-state index in [9.17, 15) is 4.39 Å². The van der Waals surface area contributed by atoms with E-state index in [0.29, 0.717) is 26.2 Å². The van der Waals surface area contributed by atoms with Crippen molar-refractivity contribution in [2.45, 2.75) is 18.9 Å². The highest BCUT2D eigenvalue weighted by atomic mass is 19.1. The lowest BCUT2D eigenvalue weighted by molar-refractivity contribution is 0.0658. The molecule has 0 bridgehead atoms. The van der Waals surface area contributed by atoms with Crippen molar-refractivity contribution in [3.63, 3.8) is 0 Å². The third-order valence-electron chi connectivity index (χ3n) is 2.65. The third-order valence-corrected chi connectivity index (χ3v) is 2.65. The molecule has 1 aromatic rings. The van der Waals surface area contributed by atoms with Crippen molar-refractivity contribution < 1.29 is 13.9 Å². The molecule has 1 atom stereocenters. The van der Waals surface area contributed by atoms with Gasteiger partial charge >= 0.3 is 0 Å². The largest absolute Gasteiger partial charge is 0.382 e. The second kappa shape index (κ2) is 8.99. The van der Waals surface area contributed by atoms with Gasteiger partial charge in [-0.3, -0.25) is 11.3 Å². The fraction of sp³-hybridized carbons (Fsp3) is 0.538. The number of ether oxygens (including phenoxy) is 2. The van der Waals surface area contributed by atoms with E-state index in [1.54, 1.807) is 13.2 Å². The molecular weight excluding hydrogens is 235 g/mol. The van der Waals surface area contributed by atoms with Gasteiger partial charge in [-0.1, -0.05) is 12.1 Å². The lowest BCUT2D eigenvalue weighted by Gasteiger charge is -2.16. The van der Waals surface area contributed by atoms with Crippen molar-refractivity contribution in [1.29, 1.82) is 0 Å². The van der Waals surface area contributed by atoms with Crippen LogP contribution in [0.4, 0.5) is 4.39 Å². The van der Waals surface area contributed by atoms with Crippen LogP contribution in [-0.2, 0) is 15.9 Å². The zero-order chi connectivity index (χ0) is 13.2. The van der Waals surface area contributed by atoms with Crippen LogP contribution in [0.25, 0.3) is 0 Å². The summed E-state index contributed by atoms with van der Waals surface area (Å²) in [7, 11) is 1.64. The molecule has 0 heterocycles. The van der Waals surface area contributed by atoms with Crippen LogP contribution in [-0.4, -0.2) is 33.0 Å². The van der Waals surface area contributed by atoms with Crippen LogP contribution < -0.4 is 11.3 Å². The van der Waals surface area contributed by atoms with Gasteiger partial charge in [-0.05, 0) is 30.5 Å². The molecule has 0 aliphatic heterocycles. The molecule has 0 saturated carbocycles. The molecule has 0 saturated heterocycles. The van der Waals surface area contributed by atoms with Gasteiger partial charge in [0.15, 0.2) is 0 Å².